The van der Waals surface area contributed by atoms with Crippen LogP contribution in [0.5, 0.6) is 0 Å². The lowest BCUT2D eigenvalue weighted by Crippen LogP contribution is -2.55. The van der Waals surface area contributed by atoms with Crippen LogP contribution in [0.25, 0.3) is 0 Å². The van der Waals surface area contributed by atoms with E-state index in [0.29, 0.717) is 32.7 Å². The van der Waals surface area contributed by atoms with Crippen molar-refractivity contribution in [3.8, 4) is 0 Å². The van der Waals surface area contributed by atoms with E-state index in [4.69, 9.17) is 5.11 Å². The number of carbonyl (C=O) groups excluding carboxylic acids is 1. The number of para-hydroxylation sites is 1. The fraction of sp³-hybridized carbons (Fsp3) is 0.556. The number of nitrogens with zero attached hydrogens (tertiary/aromatic N) is 3. The monoisotopic (exact) mass is 331 g/mol. The molecule has 6 nitrogen and oxygen atoms in total. The van der Waals surface area contributed by atoms with E-state index >= 15 is 0 Å². The van der Waals surface area contributed by atoms with Crippen LogP contribution in [0.2, 0.25) is 0 Å². The van der Waals surface area contributed by atoms with Crippen LogP contribution in [0.1, 0.15) is 26.3 Å². The third-order valence-electron chi connectivity index (χ3n) is 5.09. The second-order valence-corrected chi connectivity index (χ2v) is 7.44. The van der Waals surface area contributed by atoms with Crippen molar-refractivity contribution < 1.29 is 14.7 Å². The highest BCUT2D eigenvalue weighted by molar-refractivity contribution is 5.97. The van der Waals surface area contributed by atoms with Gasteiger partial charge in [-0.2, -0.15) is 0 Å². The van der Waals surface area contributed by atoms with Crippen molar-refractivity contribution in [3.05, 3.63) is 29.8 Å². The number of benzene rings is 1. The molecule has 0 radical (unpaired) electrons. The Balaban J connectivity index is 1.68. The van der Waals surface area contributed by atoms with Crippen LogP contribution in [0.3, 0.4) is 0 Å². The van der Waals surface area contributed by atoms with Gasteiger partial charge < -0.3 is 14.9 Å². The molecule has 2 amide bonds. The Morgan fingerprint density at radius 2 is 1.96 bits per heavy atom. The minimum absolute atomic E-state index is 0.0401. The van der Waals surface area contributed by atoms with Gasteiger partial charge in [-0.05, 0) is 18.6 Å². The lowest BCUT2D eigenvalue weighted by Gasteiger charge is -2.38. The van der Waals surface area contributed by atoms with E-state index in [0.717, 1.165) is 5.69 Å². The molecule has 1 aromatic rings. The number of rotatable bonds is 2. The second kappa shape index (κ2) is 6.09. The van der Waals surface area contributed by atoms with Gasteiger partial charge in [-0.25, -0.2) is 4.79 Å². The van der Waals surface area contributed by atoms with Gasteiger partial charge in [0, 0.05) is 43.3 Å². The first-order chi connectivity index (χ1) is 11.3. The number of fused-ring (bicyclic) bond motifs is 1. The average molecular weight is 331 g/mol. The van der Waals surface area contributed by atoms with Crippen LogP contribution < -0.4 is 4.90 Å². The second-order valence-electron chi connectivity index (χ2n) is 7.44. The third-order valence-corrected chi connectivity index (χ3v) is 5.09. The smallest absolute Gasteiger partial charge is 0.407 e. The first-order valence-corrected chi connectivity index (χ1v) is 8.41. The molecule has 130 valence electrons. The van der Waals surface area contributed by atoms with Gasteiger partial charge in [0.15, 0.2) is 0 Å². The maximum Gasteiger partial charge on any atom is 0.407 e. The van der Waals surface area contributed by atoms with Crippen LogP contribution in [0.15, 0.2) is 24.3 Å². The molecule has 1 fully saturated rings. The lowest BCUT2D eigenvalue weighted by atomic mass is 9.87. The number of amides is 2. The van der Waals surface area contributed by atoms with Crippen molar-refractivity contribution in [2.75, 3.05) is 37.6 Å². The maximum absolute atomic E-state index is 12.8. The number of anilines is 1. The van der Waals surface area contributed by atoms with E-state index < -0.39 is 6.09 Å². The molecule has 1 aromatic carbocycles. The Hall–Kier alpha value is -2.08. The van der Waals surface area contributed by atoms with E-state index in [1.54, 1.807) is 0 Å². The third kappa shape index (κ3) is 2.98. The zero-order chi connectivity index (χ0) is 17.5. The van der Waals surface area contributed by atoms with Crippen molar-refractivity contribution in [2.45, 2.75) is 32.2 Å². The number of hydrogen-bond acceptors (Lipinski definition) is 3. The van der Waals surface area contributed by atoms with E-state index in [1.165, 1.54) is 10.5 Å². The molecule has 3 rings (SSSR count). The molecule has 0 spiro atoms. The molecule has 2 aliphatic heterocycles. The molecule has 1 atom stereocenters. The largest absolute Gasteiger partial charge is 0.465 e. The molecule has 1 N–H and O–H groups in total. The Labute approximate surface area is 142 Å². The summed E-state index contributed by atoms with van der Waals surface area (Å²) in [6, 6.07) is 7.99. The molecule has 6 heteroatoms. The van der Waals surface area contributed by atoms with Crippen LogP contribution in [0, 0.1) is 0 Å². The summed E-state index contributed by atoms with van der Waals surface area (Å²) in [7, 11) is 0. The Morgan fingerprint density at radius 1 is 1.25 bits per heavy atom. The standard InChI is InChI=1S/C18H25N3O3/c1-13-10-19(8-9-20(13)17(23)24)11-16(22)21-12-18(2,3)14-6-4-5-7-15(14)21/h4-7,13H,8-12H2,1-3H3,(H,23,24)/t13-/m1/s1. The van der Waals surface area contributed by atoms with Crippen molar-refractivity contribution >= 4 is 17.7 Å². The van der Waals surface area contributed by atoms with Crippen LogP contribution in [-0.2, 0) is 10.2 Å². The zero-order valence-electron chi connectivity index (χ0n) is 14.5. The average Bonchev–Trinajstić information content (AvgIpc) is 2.79. The topological polar surface area (TPSA) is 64.1 Å². The summed E-state index contributed by atoms with van der Waals surface area (Å²) in [4.78, 5) is 29.4. The normalized spacial score (nSPS) is 23.2. The molecule has 0 aliphatic carbocycles. The van der Waals surface area contributed by atoms with Crippen LogP contribution in [0.4, 0.5) is 10.5 Å². The summed E-state index contributed by atoms with van der Waals surface area (Å²) in [6.07, 6.45) is -0.885. The fourth-order valence-electron chi connectivity index (χ4n) is 3.81. The van der Waals surface area contributed by atoms with Gasteiger partial charge >= 0.3 is 6.09 Å². The Kier molecular flexibility index (Phi) is 4.25. The highest BCUT2D eigenvalue weighted by atomic mass is 16.4. The fourth-order valence-corrected chi connectivity index (χ4v) is 3.81. The summed E-state index contributed by atoms with van der Waals surface area (Å²) in [5.74, 6) is 0.0870. The van der Waals surface area contributed by atoms with Gasteiger partial charge in [0.05, 0.1) is 6.54 Å². The molecule has 1 saturated heterocycles. The molecule has 0 unspecified atom stereocenters. The highest BCUT2D eigenvalue weighted by Crippen LogP contribution is 2.40. The van der Waals surface area contributed by atoms with E-state index in [2.05, 4.69) is 24.8 Å². The molecular weight excluding hydrogens is 306 g/mol. The van der Waals surface area contributed by atoms with E-state index in [1.807, 2.05) is 30.0 Å². The van der Waals surface area contributed by atoms with Crippen molar-refractivity contribution in [1.82, 2.24) is 9.80 Å². The predicted octanol–water partition coefficient (Wildman–Crippen LogP) is 1.99. The zero-order valence-corrected chi connectivity index (χ0v) is 14.5. The molecule has 2 aliphatic rings. The summed E-state index contributed by atoms with van der Waals surface area (Å²) in [5, 5.41) is 9.15. The minimum Gasteiger partial charge on any atom is -0.465 e. The summed E-state index contributed by atoms with van der Waals surface area (Å²) in [6.45, 7) is 8.88. The highest BCUT2D eigenvalue weighted by Gasteiger charge is 2.38. The van der Waals surface area contributed by atoms with Gasteiger partial charge in [0.25, 0.3) is 0 Å². The molecule has 2 heterocycles. The molecule has 24 heavy (non-hydrogen) atoms. The number of carboxylic acid groups (broad SMARTS) is 1. The molecular formula is C18H25N3O3. The Bertz CT molecular complexity index is 659. The van der Waals surface area contributed by atoms with Crippen molar-refractivity contribution in [2.24, 2.45) is 0 Å². The predicted molar refractivity (Wildman–Crippen MR) is 92.5 cm³/mol. The minimum atomic E-state index is -0.885. The van der Waals surface area contributed by atoms with Gasteiger partial charge in [-0.1, -0.05) is 32.0 Å². The first kappa shape index (κ1) is 16.8. The molecule has 0 bridgehead atoms. The van der Waals surface area contributed by atoms with Gasteiger partial charge in [0.2, 0.25) is 5.91 Å². The number of carbonyl (C=O) groups is 2. The molecule has 0 saturated carbocycles. The maximum atomic E-state index is 12.8. The Morgan fingerprint density at radius 3 is 2.62 bits per heavy atom. The lowest BCUT2D eigenvalue weighted by molar-refractivity contribution is -0.120. The number of hydrogen-bond donors (Lipinski definition) is 1. The van der Waals surface area contributed by atoms with Gasteiger partial charge in [-0.15, -0.1) is 0 Å². The number of piperazine rings is 1. The van der Waals surface area contributed by atoms with E-state index in [9.17, 15) is 9.59 Å². The van der Waals surface area contributed by atoms with Crippen molar-refractivity contribution in [3.63, 3.8) is 0 Å². The van der Waals surface area contributed by atoms with Crippen molar-refractivity contribution in [1.29, 1.82) is 0 Å². The molecule has 0 aromatic heterocycles. The van der Waals surface area contributed by atoms with Crippen LogP contribution >= 0.6 is 0 Å². The summed E-state index contributed by atoms with van der Waals surface area (Å²) < 4.78 is 0. The summed E-state index contributed by atoms with van der Waals surface area (Å²) >= 11 is 0. The van der Waals surface area contributed by atoms with Gasteiger partial charge in [-0.3, -0.25) is 9.69 Å². The van der Waals surface area contributed by atoms with E-state index in [-0.39, 0.29) is 17.4 Å². The first-order valence-electron chi connectivity index (χ1n) is 8.41. The quantitative estimate of drug-likeness (QED) is 0.900. The summed E-state index contributed by atoms with van der Waals surface area (Å²) in [5.41, 5.74) is 2.17. The van der Waals surface area contributed by atoms with Crippen LogP contribution in [-0.4, -0.2) is 65.7 Å². The van der Waals surface area contributed by atoms with Gasteiger partial charge in [0.1, 0.15) is 0 Å². The SMILES string of the molecule is C[C@@H]1CN(CC(=O)N2CC(C)(C)c3ccccc32)CCN1C(=O)O.